The molecule has 0 spiro atoms. The first-order valence-electron chi connectivity index (χ1n) is 9.25. The molecule has 0 bridgehead atoms. The average molecular weight is 387 g/mol. The number of esters is 1. The predicted octanol–water partition coefficient (Wildman–Crippen LogP) is 4.63. The van der Waals surface area contributed by atoms with Gasteiger partial charge in [-0.25, -0.2) is 9.78 Å². The minimum Gasteiger partial charge on any atom is -0.464 e. The molecule has 0 fully saturated rings. The van der Waals surface area contributed by atoms with Crippen molar-refractivity contribution in [3.63, 3.8) is 0 Å². The van der Waals surface area contributed by atoms with Gasteiger partial charge in [0.25, 0.3) is 0 Å². The highest BCUT2D eigenvalue weighted by atomic mass is 32.1. The highest BCUT2D eigenvalue weighted by Crippen LogP contribution is 2.35. The molecule has 0 aliphatic heterocycles. The molecule has 25 heavy (non-hydrogen) atoms. The number of thiazole rings is 1. The number of rotatable bonds is 11. The number of carbonyl (C=O) groups is 1. The Bertz CT molecular complexity index is 524. The summed E-state index contributed by atoms with van der Waals surface area (Å²) in [6.45, 7) is 11.1. The Morgan fingerprint density at radius 2 is 1.88 bits per heavy atom. The molecule has 0 radical (unpaired) electrons. The molecule has 144 valence electrons. The molecule has 1 N–H and O–H groups in total. The summed E-state index contributed by atoms with van der Waals surface area (Å²) in [4.78, 5) is 16.3. The Morgan fingerprint density at radius 3 is 2.32 bits per heavy atom. The minimum atomic E-state index is -1.78. The standard InChI is InChI=1S/C18H34N2O3SSi/c1-8-25(9-2,10-3)23-16(11-14(19-6)13(4)5)17-20-15(12-24-17)18(21)22-7/h12-14,16,19H,8-11H2,1-7H3/t14-,16-/m1/s1. The summed E-state index contributed by atoms with van der Waals surface area (Å²) in [5.74, 6) is 0.109. The van der Waals surface area contributed by atoms with Crippen molar-refractivity contribution in [3.05, 3.63) is 16.1 Å². The smallest absolute Gasteiger partial charge is 0.357 e. The van der Waals surface area contributed by atoms with Gasteiger partial charge in [0, 0.05) is 11.4 Å². The molecular formula is C18H34N2O3SSi. The van der Waals surface area contributed by atoms with Crippen LogP contribution >= 0.6 is 11.3 Å². The largest absolute Gasteiger partial charge is 0.464 e. The Labute approximate surface area is 157 Å². The molecule has 0 saturated heterocycles. The van der Waals surface area contributed by atoms with Gasteiger partial charge in [0.2, 0.25) is 0 Å². The van der Waals surface area contributed by atoms with Gasteiger partial charge >= 0.3 is 5.97 Å². The van der Waals surface area contributed by atoms with Gasteiger partial charge in [-0.15, -0.1) is 11.3 Å². The van der Waals surface area contributed by atoms with Crippen LogP contribution in [-0.4, -0.2) is 39.5 Å². The molecule has 0 amide bonds. The third-order valence-corrected chi connectivity index (χ3v) is 10.7. The van der Waals surface area contributed by atoms with Gasteiger partial charge in [0.15, 0.2) is 14.0 Å². The van der Waals surface area contributed by atoms with Crippen LogP contribution in [0.1, 0.15) is 62.6 Å². The van der Waals surface area contributed by atoms with Crippen molar-refractivity contribution in [1.82, 2.24) is 10.3 Å². The summed E-state index contributed by atoms with van der Waals surface area (Å²) in [6.07, 6.45) is 0.784. The third kappa shape index (κ3) is 5.87. The Kier molecular flexibility index (Phi) is 9.27. The Morgan fingerprint density at radius 1 is 1.28 bits per heavy atom. The van der Waals surface area contributed by atoms with Crippen LogP contribution in [0, 0.1) is 5.92 Å². The number of nitrogens with one attached hydrogen (secondary N) is 1. The lowest BCUT2D eigenvalue weighted by Gasteiger charge is -2.34. The molecule has 7 heteroatoms. The van der Waals surface area contributed by atoms with Gasteiger partial charge in [0.1, 0.15) is 5.01 Å². The van der Waals surface area contributed by atoms with Crippen molar-refractivity contribution in [2.45, 2.75) is 71.3 Å². The van der Waals surface area contributed by atoms with E-state index >= 15 is 0 Å². The first kappa shape index (κ1) is 22.3. The van der Waals surface area contributed by atoms with Gasteiger partial charge in [-0.05, 0) is 37.5 Å². The van der Waals surface area contributed by atoms with Crippen molar-refractivity contribution >= 4 is 25.6 Å². The van der Waals surface area contributed by atoms with Gasteiger partial charge in [-0.2, -0.15) is 0 Å². The minimum absolute atomic E-state index is 0.0743. The second-order valence-electron chi connectivity index (χ2n) is 6.79. The van der Waals surface area contributed by atoms with Crippen LogP contribution < -0.4 is 5.32 Å². The maximum absolute atomic E-state index is 11.8. The van der Waals surface area contributed by atoms with Crippen LogP contribution in [0.3, 0.4) is 0 Å². The van der Waals surface area contributed by atoms with Crippen LogP contribution in [0.5, 0.6) is 0 Å². The molecule has 0 aliphatic carbocycles. The van der Waals surface area contributed by atoms with E-state index < -0.39 is 8.32 Å². The summed E-state index contributed by atoms with van der Waals surface area (Å²) in [5.41, 5.74) is 0.374. The highest BCUT2D eigenvalue weighted by Gasteiger charge is 2.35. The first-order valence-corrected chi connectivity index (χ1v) is 12.7. The van der Waals surface area contributed by atoms with Gasteiger partial charge in [-0.3, -0.25) is 0 Å². The van der Waals surface area contributed by atoms with Crippen molar-refractivity contribution in [2.24, 2.45) is 5.92 Å². The SMILES string of the molecule is CC[Si](CC)(CC)O[C@H](C[C@@H](NC)C(C)C)c1nc(C(=O)OC)cs1. The topological polar surface area (TPSA) is 60.5 Å². The van der Waals surface area contributed by atoms with Crippen LogP contribution in [0.4, 0.5) is 0 Å². The lowest BCUT2D eigenvalue weighted by Crippen LogP contribution is -2.40. The molecule has 1 rings (SSSR count). The zero-order chi connectivity index (χ0) is 19.0. The van der Waals surface area contributed by atoms with Crippen LogP contribution in [0.15, 0.2) is 5.38 Å². The van der Waals surface area contributed by atoms with Gasteiger partial charge in [0.05, 0.1) is 13.2 Å². The fraction of sp³-hybridized carbons (Fsp3) is 0.778. The Balaban J connectivity index is 3.13. The molecule has 1 heterocycles. The van der Waals surface area contributed by atoms with Crippen molar-refractivity contribution in [3.8, 4) is 0 Å². The zero-order valence-corrected chi connectivity index (χ0v) is 18.5. The third-order valence-electron chi connectivity index (χ3n) is 5.16. The molecule has 0 unspecified atom stereocenters. The maximum Gasteiger partial charge on any atom is 0.357 e. The van der Waals surface area contributed by atoms with E-state index in [1.807, 2.05) is 7.05 Å². The highest BCUT2D eigenvalue weighted by molar-refractivity contribution is 7.09. The number of aromatic nitrogens is 1. The molecule has 5 nitrogen and oxygen atoms in total. The summed E-state index contributed by atoms with van der Waals surface area (Å²) < 4.78 is 11.6. The molecule has 0 aliphatic rings. The van der Waals surface area contributed by atoms with E-state index in [9.17, 15) is 4.79 Å². The first-order chi connectivity index (χ1) is 11.9. The van der Waals surface area contributed by atoms with Crippen LogP contribution in [-0.2, 0) is 9.16 Å². The second kappa shape index (κ2) is 10.4. The zero-order valence-electron chi connectivity index (χ0n) is 16.7. The fourth-order valence-electron chi connectivity index (χ4n) is 3.09. The monoisotopic (exact) mass is 386 g/mol. The fourth-order valence-corrected chi connectivity index (χ4v) is 6.81. The van der Waals surface area contributed by atoms with E-state index in [-0.39, 0.29) is 12.1 Å². The summed E-state index contributed by atoms with van der Waals surface area (Å²) in [6, 6.07) is 3.63. The molecule has 1 aromatic heterocycles. The second-order valence-corrected chi connectivity index (χ2v) is 12.4. The number of nitrogens with zero attached hydrogens (tertiary/aromatic N) is 1. The molecule has 1 aromatic rings. The van der Waals surface area contributed by atoms with Crippen molar-refractivity contribution in [2.75, 3.05) is 14.2 Å². The Hall–Kier alpha value is -0.763. The van der Waals surface area contributed by atoms with Crippen LogP contribution in [0.25, 0.3) is 0 Å². The summed E-state index contributed by atoms with van der Waals surface area (Å²) >= 11 is 1.50. The summed E-state index contributed by atoms with van der Waals surface area (Å²) in [5, 5.41) is 6.06. The normalized spacial score (nSPS) is 14.6. The van der Waals surface area contributed by atoms with Crippen molar-refractivity contribution in [1.29, 1.82) is 0 Å². The van der Waals surface area contributed by atoms with Gasteiger partial charge in [-0.1, -0.05) is 34.6 Å². The quantitative estimate of drug-likeness (QED) is 0.444. The number of carbonyl (C=O) groups excluding carboxylic acids is 1. The van der Waals surface area contributed by atoms with E-state index in [0.717, 1.165) is 29.6 Å². The summed E-state index contributed by atoms with van der Waals surface area (Å²) in [7, 11) is 1.60. The van der Waals surface area contributed by atoms with E-state index in [1.54, 1.807) is 5.38 Å². The average Bonchev–Trinajstić information content (AvgIpc) is 3.11. The number of hydrogen-bond acceptors (Lipinski definition) is 6. The van der Waals surface area contributed by atoms with Gasteiger partial charge < -0.3 is 14.5 Å². The number of methoxy groups -OCH3 is 1. The molecular weight excluding hydrogens is 352 g/mol. The lowest BCUT2D eigenvalue weighted by molar-refractivity contribution is 0.0594. The lowest BCUT2D eigenvalue weighted by atomic mass is 9.98. The van der Waals surface area contributed by atoms with Crippen molar-refractivity contribution < 1.29 is 14.0 Å². The van der Waals surface area contributed by atoms with E-state index in [4.69, 9.17) is 9.16 Å². The van der Waals surface area contributed by atoms with E-state index in [0.29, 0.717) is 17.7 Å². The number of ether oxygens (including phenoxy) is 1. The van der Waals surface area contributed by atoms with E-state index in [2.05, 4.69) is 44.9 Å². The number of hydrogen-bond donors (Lipinski definition) is 1. The maximum atomic E-state index is 11.8. The predicted molar refractivity (Wildman–Crippen MR) is 107 cm³/mol. The molecule has 0 saturated carbocycles. The van der Waals surface area contributed by atoms with E-state index in [1.165, 1.54) is 18.4 Å². The molecule has 0 aromatic carbocycles. The van der Waals surface area contributed by atoms with Crippen LogP contribution in [0.2, 0.25) is 18.1 Å². The molecule has 2 atom stereocenters.